The zero-order valence-electron chi connectivity index (χ0n) is 15.6. The maximum Gasteiger partial charge on any atom is 0.389 e. The second-order valence-corrected chi connectivity index (χ2v) is 7.86. The Labute approximate surface area is 163 Å². The molecule has 0 amide bonds. The fourth-order valence-corrected chi connectivity index (χ4v) is 3.79. The quantitative estimate of drug-likeness (QED) is 0.754. The highest BCUT2D eigenvalue weighted by Gasteiger charge is 2.44. The number of rotatable bonds is 5. The Morgan fingerprint density at radius 1 is 1.21 bits per heavy atom. The van der Waals surface area contributed by atoms with Crippen LogP contribution in [-0.4, -0.2) is 21.9 Å². The number of aryl methyl sites for hydroxylation is 1. The fourth-order valence-electron chi connectivity index (χ4n) is 3.79. The maximum absolute atomic E-state index is 12.4. The van der Waals surface area contributed by atoms with Crippen molar-refractivity contribution in [3.63, 3.8) is 0 Å². The van der Waals surface area contributed by atoms with Gasteiger partial charge in [-0.15, -0.1) is 0 Å². The van der Waals surface area contributed by atoms with Gasteiger partial charge in [0.25, 0.3) is 5.56 Å². The maximum atomic E-state index is 12.4. The lowest BCUT2D eigenvalue weighted by molar-refractivity contribution is -0.135. The molecule has 2 saturated carbocycles. The van der Waals surface area contributed by atoms with Crippen LogP contribution in [0.25, 0.3) is 11.1 Å². The molecule has 2 aromatic heterocycles. The van der Waals surface area contributed by atoms with Crippen LogP contribution in [0, 0.1) is 5.41 Å². The van der Waals surface area contributed by atoms with Crippen molar-refractivity contribution in [2.75, 3.05) is 0 Å². The van der Waals surface area contributed by atoms with Crippen molar-refractivity contribution < 1.29 is 22.4 Å². The van der Waals surface area contributed by atoms with E-state index >= 15 is 0 Å². The van der Waals surface area contributed by atoms with E-state index in [-0.39, 0.29) is 35.5 Å². The summed E-state index contributed by atoms with van der Waals surface area (Å²) >= 11 is 0. The summed E-state index contributed by atoms with van der Waals surface area (Å²) in [5, 5.41) is 4.00. The summed E-state index contributed by atoms with van der Waals surface area (Å²) in [5.41, 5.74) is -0.185. The Kier molecular flexibility index (Phi) is 4.95. The highest BCUT2D eigenvalue weighted by atomic mass is 19.4. The molecule has 156 valence electrons. The van der Waals surface area contributed by atoms with E-state index in [1.165, 1.54) is 12.8 Å². The molecule has 4 rings (SSSR count). The third-order valence-electron chi connectivity index (χ3n) is 5.69. The monoisotopic (exact) mass is 411 g/mol. The highest BCUT2D eigenvalue weighted by Crippen LogP contribution is 2.55. The average Bonchev–Trinajstić information content (AvgIpc) is 3.38. The first-order valence-electron chi connectivity index (χ1n) is 9.60. The normalized spacial score (nSPS) is 18.2. The number of alkyl halides is 3. The molecule has 2 fully saturated rings. The molecule has 2 aliphatic carbocycles. The van der Waals surface area contributed by atoms with Gasteiger partial charge in [0.05, 0.1) is 5.71 Å². The third-order valence-corrected chi connectivity index (χ3v) is 5.69. The summed E-state index contributed by atoms with van der Waals surface area (Å²) in [7, 11) is 0. The van der Waals surface area contributed by atoms with Crippen LogP contribution in [0.4, 0.5) is 13.2 Å². The number of H-pyrrole nitrogens is 1. The van der Waals surface area contributed by atoms with E-state index in [1.54, 1.807) is 0 Å². The lowest BCUT2D eigenvalue weighted by Gasteiger charge is -2.21. The van der Waals surface area contributed by atoms with Crippen molar-refractivity contribution >= 4 is 16.8 Å². The van der Waals surface area contributed by atoms with E-state index in [2.05, 4.69) is 15.1 Å². The van der Waals surface area contributed by atoms with Gasteiger partial charge in [-0.25, -0.2) is 4.79 Å². The lowest BCUT2D eigenvalue weighted by atomic mass is 9.85. The molecule has 1 N–H and O–H groups in total. The Bertz CT molecular complexity index is 1060. The van der Waals surface area contributed by atoms with Crippen molar-refractivity contribution in [2.24, 2.45) is 10.6 Å². The predicted molar refractivity (Wildman–Crippen MR) is 98.1 cm³/mol. The first-order chi connectivity index (χ1) is 13.7. The van der Waals surface area contributed by atoms with Crippen LogP contribution in [0.2, 0.25) is 0 Å². The summed E-state index contributed by atoms with van der Waals surface area (Å²) in [5.74, 6) is 0. The summed E-state index contributed by atoms with van der Waals surface area (Å²) < 4.78 is 42.1. The van der Waals surface area contributed by atoms with Crippen LogP contribution in [0.5, 0.6) is 6.01 Å². The van der Waals surface area contributed by atoms with Crippen LogP contribution in [-0.2, 0) is 6.42 Å². The molecule has 0 aliphatic heterocycles. The molecule has 2 aromatic rings. The number of oxime groups is 1. The second kappa shape index (κ2) is 7.31. The molecule has 0 radical (unpaired) electrons. The molecule has 0 unspecified atom stereocenters. The number of nitrogens with zero attached hydrogens (tertiary/aromatic N) is 2. The minimum absolute atomic E-state index is 0.0554. The second-order valence-electron chi connectivity index (χ2n) is 7.86. The summed E-state index contributed by atoms with van der Waals surface area (Å²) in [6.07, 6.45) is 0.673. The number of fused-ring (bicyclic) bond motifs is 1. The van der Waals surface area contributed by atoms with Gasteiger partial charge >= 0.3 is 17.8 Å². The number of halogens is 3. The first kappa shape index (κ1) is 19.7. The zero-order chi connectivity index (χ0) is 20.6. The Hall–Kier alpha value is -2.65. The molecule has 7 nitrogen and oxygen atoms in total. The van der Waals surface area contributed by atoms with Crippen LogP contribution in [0.15, 0.2) is 25.2 Å². The molecule has 2 aliphatic rings. The van der Waals surface area contributed by atoms with Crippen molar-refractivity contribution in [3.05, 3.63) is 32.4 Å². The lowest BCUT2D eigenvalue weighted by Crippen LogP contribution is -2.17. The molecule has 10 heteroatoms. The number of nitrogens with one attached hydrogen (secondary N) is 1. The Morgan fingerprint density at radius 3 is 2.59 bits per heavy atom. The number of hydrogen-bond donors (Lipinski definition) is 1. The molecule has 29 heavy (non-hydrogen) atoms. The van der Waals surface area contributed by atoms with Gasteiger partial charge in [-0.05, 0) is 62.3 Å². The molecule has 0 bridgehead atoms. The van der Waals surface area contributed by atoms with E-state index < -0.39 is 23.8 Å². The van der Waals surface area contributed by atoms with Crippen molar-refractivity contribution in [1.82, 2.24) is 9.97 Å². The zero-order valence-corrected chi connectivity index (χ0v) is 15.6. The number of aromatic amines is 1. The van der Waals surface area contributed by atoms with E-state index in [0.717, 1.165) is 37.5 Å². The molecular weight excluding hydrogens is 391 g/mol. The van der Waals surface area contributed by atoms with Gasteiger partial charge < -0.3 is 9.25 Å². The van der Waals surface area contributed by atoms with Gasteiger partial charge in [0.2, 0.25) is 5.71 Å². The van der Waals surface area contributed by atoms with Gasteiger partial charge in [0, 0.05) is 12.5 Å². The molecule has 0 saturated heterocycles. The van der Waals surface area contributed by atoms with Gasteiger partial charge in [0.1, 0.15) is 5.39 Å². The van der Waals surface area contributed by atoms with Crippen LogP contribution in [0.3, 0.4) is 0 Å². The molecule has 2 heterocycles. The molecule has 1 spiro atoms. The van der Waals surface area contributed by atoms with Crippen LogP contribution < -0.4 is 16.0 Å². The first-order valence-corrected chi connectivity index (χ1v) is 9.60. The van der Waals surface area contributed by atoms with Crippen molar-refractivity contribution in [3.8, 4) is 6.01 Å². The molecular formula is C19H20F3N3O4. The Morgan fingerprint density at radius 2 is 1.93 bits per heavy atom. The van der Waals surface area contributed by atoms with E-state index in [4.69, 9.17) is 9.25 Å². The van der Waals surface area contributed by atoms with Crippen LogP contribution in [0.1, 0.15) is 56.9 Å². The summed E-state index contributed by atoms with van der Waals surface area (Å²) in [6.45, 7) is 0. The van der Waals surface area contributed by atoms with Gasteiger partial charge in [-0.1, -0.05) is 5.16 Å². The van der Waals surface area contributed by atoms with Gasteiger partial charge in [-0.2, -0.15) is 18.2 Å². The summed E-state index contributed by atoms with van der Waals surface area (Å²) in [4.78, 5) is 35.8. The summed E-state index contributed by atoms with van der Waals surface area (Å²) in [6, 6.07) is 0.795. The minimum Gasteiger partial charge on any atom is -0.403 e. The van der Waals surface area contributed by atoms with Crippen molar-refractivity contribution in [1.29, 1.82) is 0 Å². The van der Waals surface area contributed by atoms with Gasteiger partial charge in [0.15, 0.2) is 0 Å². The van der Waals surface area contributed by atoms with E-state index in [0.29, 0.717) is 5.41 Å². The average molecular weight is 411 g/mol. The SMILES string of the molecule is O=c1cc(CCCC(F)(F)F)c2c(=O)[nH]c(ON=C3CCC4(CC3)CC4)nc2o1. The third kappa shape index (κ3) is 4.68. The topological polar surface area (TPSA) is 97.5 Å². The number of aromatic nitrogens is 2. The van der Waals surface area contributed by atoms with Crippen molar-refractivity contribution in [2.45, 2.75) is 64.0 Å². The van der Waals surface area contributed by atoms with E-state index in [9.17, 15) is 22.8 Å². The largest absolute Gasteiger partial charge is 0.403 e. The smallest absolute Gasteiger partial charge is 0.389 e. The molecule has 0 aromatic carbocycles. The minimum atomic E-state index is -4.31. The fraction of sp³-hybridized carbons (Fsp3) is 0.579. The standard InChI is InChI=1S/C19H20F3N3O4/c20-19(21,22)5-1-2-11-10-13(26)28-16-14(11)15(27)23-17(24-16)29-25-12-3-6-18(7-4-12)8-9-18/h10H,1-9H2,(H,23,24,27). The van der Waals surface area contributed by atoms with Crippen LogP contribution >= 0.6 is 0 Å². The predicted octanol–water partition coefficient (Wildman–Crippen LogP) is 3.85. The van der Waals surface area contributed by atoms with Gasteiger partial charge in [-0.3, -0.25) is 9.78 Å². The molecule has 0 atom stereocenters. The highest BCUT2D eigenvalue weighted by molar-refractivity contribution is 5.85. The van der Waals surface area contributed by atoms with E-state index in [1.807, 2.05) is 0 Å². The Balaban J connectivity index is 1.53. The number of hydrogen-bond acceptors (Lipinski definition) is 6.